The lowest BCUT2D eigenvalue weighted by molar-refractivity contribution is -0.270. The number of amides is 9. The normalized spacial score (nSPS) is 25.5. The molecule has 0 aromatic carbocycles. The van der Waals surface area contributed by atoms with E-state index in [1.165, 1.54) is 35.5 Å². The monoisotopic (exact) mass is 1810 g/mol. The number of nitrogens with zero attached hydrogens (tertiary/aromatic N) is 3. The topological polar surface area (TPSA) is 614 Å². The summed E-state index contributed by atoms with van der Waals surface area (Å²) in [6.45, 7) is 2.30. The molecule has 714 valence electrons. The molecule has 3 aliphatic heterocycles. The van der Waals surface area contributed by atoms with Crippen LogP contribution in [0.15, 0.2) is 0 Å². The number of ether oxygens (including phenoxy) is 7. The van der Waals surface area contributed by atoms with Crippen molar-refractivity contribution in [3.63, 3.8) is 0 Å². The Bertz CT molecular complexity index is 3150. The van der Waals surface area contributed by atoms with Crippen LogP contribution in [0.4, 0.5) is 0 Å². The van der Waals surface area contributed by atoms with Gasteiger partial charge in [-0.3, -0.25) is 61.2 Å². The molecule has 0 aromatic rings. The van der Waals surface area contributed by atoms with Crippen LogP contribution < -0.4 is 31.9 Å². The fraction of sp³-hybridized carbons (Fsp3) is 0.885. The summed E-state index contributed by atoms with van der Waals surface area (Å²) in [7, 11) is -9.72. The Kier molecular flexibility index (Phi) is 55.6. The Balaban J connectivity index is 1.22. The number of phosphoric acid groups is 2. The fourth-order valence-electron chi connectivity index (χ4n) is 14.3. The summed E-state index contributed by atoms with van der Waals surface area (Å²) in [4.78, 5) is 139. The van der Waals surface area contributed by atoms with Gasteiger partial charge in [0.15, 0.2) is 18.9 Å². The molecule has 3 heterocycles. The summed E-state index contributed by atoms with van der Waals surface area (Å²) in [5.74, 6) is -2.64. The van der Waals surface area contributed by atoms with Gasteiger partial charge >= 0.3 is 15.6 Å². The van der Waals surface area contributed by atoms with Gasteiger partial charge in [0.2, 0.25) is 53.2 Å². The van der Waals surface area contributed by atoms with E-state index in [0.29, 0.717) is 135 Å². The van der Waals surface area contributed by atoms with Crippen LogP contribution in [-0.4, -0.2) is 365 Å². The lowest BCUT2D eigenvalue weighted by Crippen LogP contribution is -2.64. The van der Waals surface area contributed by atoms with Gasteiger partial charge in [0.25, 0.3) is 0 Å². The average molecular weight is 1810 g/mol. The maximum Gasteiger partial charge on any atom is 0.472 e. The third kappa shape index (κ3) is 45.1. The predicted molar refractivity (Wildman–Crippen MR) is 437 cm³/mol. The molecule has 0 spiro atoms. The van der Waals surface area contributed by atoms with Gasteiger partial charge in [-0.1, -0.05) is 45.4 Å². The van der Waals surface area contributed by atoms with E-state index in [2.05, 4.69) is 38.8 Å². The van der Waals surface area contributed by atoms with E-state index in [1.54, 1.807) is 0 Å². The minimum absolute atomic E-state index is 0.0258. The van der Waals surface area contributed by atoms with E-state index >= 15 is 0 Å². The van der Waals surface area contributed by atoms with E-state index < -0.39 is 184 Å². The van der Waals surface area contributed by atoms with Crippen LogP contribution in [0, 0.1) is 5.92 Å². The van der Waals surface area contributed by atoms with E-state index in [-0.39, 0.29) is 146 Å². The summed E-state index contributed by atoms with van der Waals surface area (Å²) in [6.07, 6.45) is -2.57. The summed E-state index contributed by atoms with van der Waals surface area (Å²) in [5.41, 5.74) is 0. The first kappa shape index (κ1) is 110. The van der Waals surface area contributed by atoms with Crippen molar-refractivity contribution in [1.29, 1.82) is 0 Å². The Hall–Kier alpha value is -5.23. The van der Waals surface area contributed by atoms with Crippen LogP contribution in [0.25, 0.3) is 0 Å². The molecule has 1 aliphatic carbocycles. The molecular formula is C78H143N9O34P2. The molecule has 4 aliphatic rings. The van der Waals surface area contributed by atoms with Gasteiger partial charge in [0.1, 0.15) is 73.1 Å². The third-order valence-electron chi connectivity index (χ3n) is 21.2. The number of hydrogen-bond donors (Lipinski definition) is 18. The Morgan fingerprint density at radius 1 is 0.358 bits per heavy atom. The zero-order chi connectivity index (χ0) is 90.7. The predicted octanol–water partition coefficient (Wildman–Crippen LogP) is -1.47. The first-order valence-electron chi connectivity index (χ1n) is 43.4. The molecule has 18 N–H and O–H groups in total. The zero-order valence-corrected chi connectivity index (χ0v) is 73.6. The Morgan fingerprint density at radius 2 is 0.642 bits per heavy atom. The highest BCUT2D eigenvalue weighted by Gasteiger charge is 2.48. The molecule has 4 rings (SSSR count). The van der Waals surface area contributed by atoms with E-state index in [1.807, 2.05) is 0 Å². The van der Waals surface area contributed by atoms with E-state index in [0.717, 1.165) is 19.3 Å². The highest BCUT2D eigenvalue weighted by Crippen LogP contribution is 2.44. The molecule has 123 heavy (non-hydrogen) atoms. The first-order chi connectivity index (χ1) is 58.7. The smallest absolute Gasteiger partial charge is 0.395 e. The van der Waals surface area contributed by atoms with Crippen LogP contribution in [0.5, 0.6) is 0 Å². The highest BCUT2D eigenvalue weighted by atomic mass is 31.2. The Morgan fingerprint density at radius 3 is 0.919 bits per heavy atom. The van der Waals surface area contributed by atoms with Crippen LogP contribution in [0.2, 0.25) is 0 Å². The van der Waals surface area contributed by atoms with Gasteiger partial charge in [0.05, 0.1) is 65.6 Å². The van der Waals surface area contributed by atoms with Crippen molar-refractivity contribution >= 4 is 68.8 Å². The number of carbonyl (C=O) groups is 9. The molecule has 3 saturated heterocycles. The number of aliphatic hydroxyl groups excluding tert-OH is 10. The molecule has 1 saturated carbocycles. The van der Waals surface area contributed by atoms with Crippen LogP contribution in [0.3, 0.4) is 0 Å². The lowest BCUT2D eigenvalue weighted by Gasteiger charge is -2.42. The molecule has 4 fully saturated rings. The van der Waals surface area contributed by atoms with Gasteiger partial charge in [-0.15, -0.1) is 0 Å². The number of hydrogen-bond acceptors (Lipinski definition) is 32. The maximum atomic E-state index is 13.8. The van der Waals surface area contributed by atoms with Crippen molar-refractivity contribution < 1.29 is 164 Å². The first-order valence-corrected chi connectivity index (χ1v) is 46.4. The maximum absolute atomic E-state index is 13.8. The largest absolute Gasteiger partial charge is 0.472 e. The molecule has 0 bridgehead atoms. The minimum Gasteiger partial charge on any atom is -0.395 e. The van der Waals surface area contributed by atoms with Gasteiger partial charge in [0, 0.05) is 138 Å². The molecular weight excluding hydrogens is 1670 g/mol. The number of phosphoric ester groups is 2. The van der Waals surface area contributed by atoms with Gasteiger partial charge in [-0.05, 0) is 102 Å². The molecule has 0 aromatic heterocycles. The SMILES string of the molecule is CC(=O)NC1C(OCCCCCC(=O)NCCCCCC(=O)N(CCO)CCOP(=O)(O)OCCN(CCOP(=O)(O)OCCN(CCOC2CCC(C)C2)C(=O)CCCCCNC(=O)CCCCCOC2OC(CO)C(O)C(O)C2NC(C)=O)C(=O)CCCCCNC(=O)CCCCCOC2OC(CO)C(O)C(O)C2NC(C)=O)OC(CO)C(O)C1O. The van der Waals surface area contributed by atoms with Crippen molar-refractivity contribution in [2.75, 3.05) is 138 Å². The summed E-state index contributed by atoms with van der Waals surface area (Å²) in [5, 5.41) is 117. The fourth-order valence-corrected chi connectivity index (χ4v) is 15.7. The number of rotatable bonds is 67. The standard InChI is InChI=1S/C78H143N9O34P2/c1-53-29-30-57(49-53)111-44-35-86(65(99)27-15-6-18-32-80-62(96)24-12-9-21-42-113-77-68(83-55(3)93)74(105)71(102)59(51-90)120-77)37-46-116-123(109,110)118-48-39-87(66(100)28-16-7-19-33-81-63(97)25-13-10-22-43-114-78-69(84-56(4)94)75(106)72(103)60(52-91)121-78)38-47-117-122(107,108)115-45-36-85(34-40-88)64(98)26-14-5-17-31-79-61(95)23-11-8-20-41-112-76-67(82-54(2)92)73(104)70(101)58(50-89)119-76/h53,57-60,67-78,88-91,101-106H,5-52H2,1-4H3,(H,79,95)(H,80,96)(H,81,97)(H,82,92)(H,83,93)(H,84,94)(H,107,108)(H,109,110). The van der Waals surface area contributed by atoms with Crippen LogP contribution in [0.1, 0.15) is 201 Å². The molecule has 43 nitrogen and oxygen atoms in total. The van der Waals surface area contributed by atoms with Crippen molar-refractivity contribution in [3.8, 4) is 0 Å². The van der Waals surface area contributed by atoms with Gasteiger partial charge < -0.3 is 141 Å². The third-order valence-corrected chi connectivity index (χ3v) is 23.2. The summed E-state index contributed by atoms with van der Waals surface area (Å²) >= 11 is 0. The highest BCUT2D eigenvalue weighted by molar-refractivity contribution is 7.47. The van der Waals surface area contributed by atoms with Crippen LogP contribution in [-0.2, 0) is 104 Å². The second-order valence-electron chi connectivity index (χ2n) is 31.4. The van der Waals surface area contributed by atoms with Gasteiger partial charge in [-0.25, -0.2) is 9.13 Å². The van der Waals surface area contributed by atoms with Crippen molar-refractivity contribution in [3.05, 3.63) is 0 Å². The van der Waals surface area contributed by atoms with E-state index in [4.69, 9.17) is 51.3 Å². The second kappa shape index (κ2) is 62.1. The van der Waals surface area contributed by atoms with E-state index in [9.17, 15) is 113 Å². The zero-order valence-electron chi connectivity index (χ0n) is 71.8. The summed E-state index contributed by atoms with van der Waals surface area (Å²) < 4.78 is 87.7. The van der Waals surface area contributed by atoms with Crippen molar-refractivity contribution in [2.45, 2.75) is 299 Å². The molecule has 0 radical (unpaired) electrons. The Labute approximate surface area is 720 Å². The second-order valence-corrected chi connectivity index (χ2v) is 34.3. The lowest BCUT2D eigenvalue weighted by atomic mass is 9.97. The number of carbonyl (C=O) groups excluding carboxylic acids is 9. The number of unbranched alkanes of at least 4 members (excludes halogenated alkanes) is 12. The van der Waals surface area contributed by atoms with Gasteiger partial charge in [-0.2, -0.15) is 0 Å². The summed E-state index contributed by atoms with van der Waals surface area (Å²) in [6, 6.07) is -3.21. The molecule has 9 amide bonds. The van der Waals surface area contributed by atoms with Crippen LogP contribution >= 0.6 is 15.6 Å². The minimum atomic E-state index is -4.86. The number of aliphatic hydroxyl groups is 10. The molecule has 19 unspecified atom stereocenters. The van der Waals surface area contributed by atoms with Crippen molar-refractivity contribution in [1.82, 2.24) is 46.6 Å². The number of nitrogens with one attached hydrogen (secondary N) is 6. The quantitative estimate of drug-likeness (QED) is 0.0244. The molecule has 19 atom stereocenters. The molecule has 45 heteroatoms. The average Bonchev–Trinajstić information content (AvgIpc) is 1.25. The van der Waals surface area contributed by atoms with Crippen molar-refractivity contribution in [2.24, 2.45) is 5.92 Å².